The third-order valence-electron chi connectivity index (χ3n) is 3.41. The summed E-state index contributed by atoms with van der Waals surface area (Å²) in [4.78, 5) is 15.5. The highest BCUT2D eigenvalue weighted by atomic mass is 79.9. The number of aliphatic hydroxyl groups is 1. The third-order valence-corrected chi connectivity index (χ3v) is 3.87. The molecule has 3 N–H and O–H groups in total. The van der Waals surface area contributed by atoms with Gasteiger partial charge >= 0.3 is 0 Å². The number of nitrogens with two attached hydrogens (primary N) is 1. The second kappa shape index (κ2) is 6.51. The molecule has 1 amide bonds. The Kier molecular flexibility index (Phi) is 4.95. The van der Waals surface area contributed by atoms with Gasteiger partial charge in [0.15, 0.2) is 0 Å². The average molecular weight is 346 g/mol. The number of amides is 1. The van der Waals surface area contributed by atoms with Crippen LogP contribution in [-0.4, -0.2) is 55.2 Å². The van der Waals surface area contributed by atoms with E-state index in [2.05, 4.69) is 20.8 Å². The molecule has 0 saturated carbocycles. The van der Waals surface area contributed by atoms with Gasteiger partial charge < -0.3 is 15.7 Å². The van der Waals surface area contributed by atoms with E-state index in [-0.39, 0.29) is 12.2 Å². The van der Waals surface area contributed by atoms with Crippen LogP contribution in [0.25, 0.3) is 0 Å². The fourth-order valence-electron chi connectivity index (χ4n) is 2.41. The number of piperazine rings is 1. The highest BCUT2D eigenvalue weighted by molar-refractivity contribution is 9.10. The lowest BCUT2D eigenvalue weighted by molar-refractivity contribution is 0.0996. The van der Waals surface area contributed by atoms with E-state index < -0.39 is 11.7 Å². The molecule has 1 aromatic carbocycles. The Bertz CT molecular complexity index is 505. The van der Waals surface area contributed by atoms with Gasteiger partial charge in [-0.25, -0.2) is 4.39 Å². The van der Waals surface area contributed by atoms with Gasteiger partial charge in [0.25, 0.3) is 5.91 Å². The quantitative estimate of drug-likeness (QED) is 0.846. The SMILES string of the molecule is NC(=O)c1c(F)cc(Br)cc1N1CCN(CCO)CC1. The van der Waals surface area contributed by atoms with E-state index in [0.717, 1.165) is 13.1 Å². The molecular weight excluding hydrogens is 329 g/mol. The highest BCUT2D eigenvalue weighted by Gasteiger charge is 2.23. The summed E-state index contributed by atoms with van der Waals surface area (Å²) in [5.74, 6) is -1.37. The third kappa shape index (κ3) is 3.28. The number of rotatable bonds is 4. The zero-order chi connectivity index (χ0) is 14.7. The molecule has 0 atom stereocenters. The second-order valence-corrected chi connectivity index (χ2v) is 5.61. The van der Waals surface area contributed by atoms with Crippen molar-refractivity contribution in [3.05, 3.63) is 28.0 Å². The van der Waals surface area contributed by atoms with Crippen LogP contribution in [0.4, 0.5) is 10.1 Å². The van der Waals surface area contributed by atoms with Crippen molar-refractivity contribution in [2.75, 3.05) is 44.2 Å². The minimum atomic E-state index is -0.761. The van der Waals surface area contributed by atoms with E-state index in [9.17, 15) is 9.18 Å². The first-order valence-electron chi connectivity index (χ1n) is 6.40. The number of carbonyl (C=O) groups excluding carboxylic acids is 1. The van der Waals surface area contributed by atoms with E-state index in [4.69, 9.17) is 10.8 Å². The molecule has 20 heavy (non-hydrogen) atoms. The largest absolute Gasteiger partial charge is 0.395 e. The normalized spacial score (nSPS) is 16.4. The number of aliphatic hydroxyl groups excluding tert-OH is 1. The zero-order valence-corrected chi connectivity index (χ0v) is 12.6. The number of hydrogen-bond acceptors (Lipinski definition) is 4. The number of nitrogens with zero attached hydrogens (tertiary/aromatic N) is 2. The van der Waals surface area contributed by atoms with Gasteiger partial charge in [0.1, 0.15) is 5.82 Å². The molecule has 1 aliphatic rings. The predicted octanol–water partition coefficient (Wildman–Crippen LogP) is 0.801. The Morgan fingerprint density at radius 3 is 2.55 bits per heavy atom. The second-order valence-electron chi connectivity index (χ2n) is 4.70. The number of halogens is 2. The molecule has 7 heteroatoms. The first kappa shape index (κ1) is 15.2. The summed E-state index contributed by atoms with van der Waals surface area (Å²) in [6.07, 6.45) is 0. The van der Waals surface area contributed by atoms with Crippen LogP contribution in [0.3, 0.4) is 0 Å². The maximum Gasteiger partial charge on any atom is 0.253 e. The van der Waals surface area contributed by atoms with Gasteiger partial charge in [-0.3, -0.25) is 9.69 Å². The van der Waals surface area contributed by atoms with Gasteiger partial charge in [0.2, 0.25) is 0 Å². The Labute approximate surface area is 125 Å². The average Bonchev–Trinajstić information content (AvgIpc) is 2.38. The van der Waals surface area contributed by atoms with Gasteiger partial charge in [-0.2, -0.15) is 0 Å². The number of benzene rings is 1. The molecular formula is C13H17BrFN3O2. The Balaban J connectivity index is 2.23. The first-order chi connectivity index (χ1) is 9.52. The Morgan fingerprint density at radius 2 is 2.00 bits per heavy atom. The van der Waals surface area contributed by atoms with Gasteiger partial charge in [-0.15, -0.1) is 0 Å². The Hall–Kier alpha value is -1.18. The fourth-order valence-corrected chi connectivity index (χ4v) is 2.82. The predicted molar refractivity (Wildman–Crippen MR) is 78.4 cm³/mol. The lowest BCUT2D eigenvalue weighted by atomic mass is 10.1. The highest BCUT2D eigenvalue weighted by Crippen LogP contribution is 2.28. The maximum absolute atomic E-state index is 13.9. The van der Waals surface area contributed by atoms with Crippen LogP contribution in [0.5, 0.6) is 0 Å². The molecule has 5 nitrogen and oxygen atoms in total. The molecule has 110 valence electrons. The van der Waals surface area contributed by atoms with Crippen molar-refractivity contribution in [2.24, 2.45) is 5.73 Å². The van der Waals surface area contributed by atoms with Gasteiger partial charge in [0.05, 0.1) is 17.9 Å². The first-order valence-corrected chi connectivity index (χ1v) is 7.19. The van der Waals surface area contributed by atoms with Crippen molar-refractivity contribution in [3.63, 3.8) is 0 Å². The van der Waals surface area contributed by atoms with Crippen molar-refractivity contribution in [2.45, 2.75) is 0 Å². The summed E-state index contributed by atoms with van der Waals surface area (Å²) >= 11 is 3.24. The number of primary amides is 1. The monoisotopic (exact) mass is 345 g/mol. The Morgan fingerprint density at radius 1 is 1.35 bits per heavy atom. The molecule has 0 aromatic heterocycles. The summed E-state index contributed by atoms with van der Waals surface area (Å²) < 4.78 is 14.5. The molecule has 1 heterocycles. The smallest absolute Gasteiger partial charge is 0.253 e. The molecule has 0 aliphatic carbocycles. The van der Waals surface area contributed by atoms with Crippen molar-refractivity contribution in [1.82, 2.24) is 4.90 Å². The lowest BCUT2D eigenvalue weighted by Gasteiger charge is -2.36. The number of β-amino-alcohol motifs (C(OH)–C–C–N with tert-alkyl or cyclic N) is 1. The summed E-state index contributed by atoms with van der Waals surface area (Å²) in [6, 6.07) is 2.95. The molecule has 0 bridgehead atoms. The van der Waals surface area contributed by atoms with E-state index in [0.29, 0.717) is 29.8 Å². The number of anilines is 1. The number of carbonyl (C=O) groups is 1. The molecule has 0 unspecified atom stereocenters. The van der Waals surface area contributed by atoms with Crippen LogP contribution in [0.1, 0.15) is 10.4 Å². The van der Waals surface area contributed by atoms with Gasteiger partial charge in [0, 0.05) is 37.2 Å². The van der Waals surface area contributed by atoms with Crippen LogP contribution in [0.15, 0.2) is 16.6 Å². The minimum absolute atomic E-state index is 0.0659. The standard InChI is InChI=1S/C13H17BrFN3O2/c14-9-7-10(15)12(13(16)20)11(8-9)18-3-1-17(2-4-18)5-6-19/h7-8,19H,1-6H2,(H2,16,20). The molecule has 1 saturated heterocycles. The van der Waals surface area contributed by atoms with Crippen molar-refractivity contribution < 1.29 is 14.3 Å². The van der Waals surface area contributed by atoms with E-state index in [1.807, 2.05) is 4.90 Å². The van der Waals surface area contributed by atoms with Crippen LogP contribution in [-0.2, 0) is 0 Å². The summed E-state index contributed by atoms with van der Waals surface area (Å²) in [7, 11) is 0. The van der Waals surface area contributed by atoms with Crippen molar-refractivity contribution in [3.8, 4) is 0 Å². The maximum atomic E-state index is 13.9. The molecule has 1 fully saturated rings. The summed E-state index contributed by atoms with van der Waals surface area (Å²) in [5.41, 5.74) is 5.74. The van der Waals surface area contributed by atoms with E-state index in [1.165, 1.54) is 6.07 Å². The molecule has 2 rings (SSSR count). The van der Waals surface area contributed by atoms with Crippen LogP contribution in [0, 0.1) is 5.82 Å². The molecule has 1 aromatic rings. The molecule has 0 spiro atoms. The van der Waals surface area contributed by atoms with E-state index in [1.54, 1.807) is 6.07 Å². The summed E-state index contributed by atoms with van der Waals surface area (Å²) in [5, 5.41) is 8.92. The topological polar surface area (TPSA) is 69.8 Å². The van der Waals surface area contributed by atoms with Crippen molar-refractivity contribution in [1.29, 1.82) is 0 Å². The summed E-state index contributed by atoms with van der Waals surface area (Å²) in [6.45, 7) is 3.59. The number of hydrogen-bond donors (Lipinski definition) is 2. The molecule has 1 aliphatic heterocycles. The lowest BCUT2D eigenvalue weighted by Crippen LogP contribution is -2.47. The van der Waals surface area contributed by atoms with Crippen LogP contribution >= 0.6 is 15.9 Å². The van der Waals surface area contributed by atoms with E-state index >= 15 is 0 Å². The zero-order valence-electron chi connectivity index (χ0n) is 11.0. The fraction of sp³-hybridized carbons (Fsp3) is 0.462. The van der Waals surface area contributed by atoms with Crippen LogP contribution in [0.2, 0.25) is 0 Å². The van der Waals surface area contributed by atoms with Gasteiger partial charge in [-0.1, -0.05) is 15.9 Å². The van der Waals surface area contributed by atoms with Crippen LogP contribution < -0.4 is 10.6 Å². The minimum Gasteiger partial charge on any atom is -0.395 e. The van der Waals surface area contributed by atoms with Gasteiger partial charge in [-0.05, 0) is 12.1 Å². The van der Waals surface area contributed by atoms with Crippen molar-refractivity contribution >= 4 is 27.5 Å². The molecule has 0 radical (unpaired) electrons.